The van der Waals surface area contributed by atoms with Gasteiger partial charge in [0.15, 0.2) is 0 Å². The summed E-state index contributed by atoms with van der Waals surface area (Å²) in [6.45, 7) is 4.57. The van der Waals surface area contributed by atoms with Crippen molar-refractivity contribution in [1.82, 2.24) is 4.98 Å². The second kappa shape index (κ2) is 3.85. The van der Waals surface area contributed by atoms with E-state index in [4.69, 9.17) is 0 Å². The summed E-state index contributed by atoms with van der Waals surface area (Å²) in [6.07, 6.45) is 0. The van der Waals surface area contributed by atoms with E-state index in [1.165, 1.54) is 6.07 Å². The van der Waals surface area contributed by atoms with Crippen LogP contribution in [-0.4, -0.2) is 11.5 Å². The number of nitrogens with zero attached hydrogens (tertiary/aromatic N) is 1. The number of hydrogen-bond acceptors (Lipinski definition) is 2. The number of hydrogen-bond donors (Lipinski definition) is 1. The highest BCUT2D eigenvalue weighted by atomic mass is 19.1. The second-order valence-electron chi connectivity index (χ2n) is 3.47. The lowest BCUT2D eigenvalue weighted by Crippen LogP contribution is -1.99. The predicted octanol–water partition coefficient (Wildman–Crippen LogP) is 3.11. The van der Waals surface area contributed by atoms with Crippen LogP contribution in [0.2, 0.25) is 0 Å². The highest BCUT2D eigenvalue weighted by molar-refractivity contribution is 5.83. The molecule has 0 spiro atoms. The number of anilines is 1. The number of benzene rings is 1. The first-order valence-electron chi connectivity index (χ1n) is 5.02. The topological polar surface area (TPSA) is 24.9 Å². The van der Waals surface area contributed by atoms with E-state index in [1.807, 2.05) is 19.1 Å². The van der Waals surface area contributed by atoms with Gasteiger partial charge in [0.25, 0.3) is 0 Å². The molecule has 0 aliphatic rings. The molecule has 1 aromatic carbocycles. The Morgan fingerprint density at radius 1 is 1.27 bits per heavy atom. The molecule has 0 aliphatic carbocycles. The van der Waals surface area contributed by atoms with Crippen LogP contribution < -0.4 is 5.32 Å². The molecule has 1 aromatic heterocycles. The summed E-state index contributed by atoms with van der Waals surface area (Å²) in [5, 5.41) is 4.08. The zero-order valence-corrected chi connectivity index (χ0v) is 8.84. The van der Waals surface area contributed by atoms with Crippen LogP contribution in [0.5, 0.6) is 0 Å². The number of rotatable bonds is 2. The summed E-state index contributed by atoms with van der Waals surface area (Å²) >= 11 is 0. The molecule has 0 saturated heterocycles. The molecule has 15 heavy (non-hydrogen) atoms. The normalized spacial score (nSPS) is 10.6. The van der Waals surface area contributed by atoms with Crippen LogP contribution in [0.4, 0.5) is 10.2 Å². The molecular weight excluding hydrogens is 191 g/mol. The molecule has 0 fully saturated rings. The molecular formula is C12H13FN2. The third kappa shape index (κ3) is 1.77. The van der Waals surface area contributed by atoms with E-state index in [-0.39, 0.29) is 5.82 Å². The summed E-state index contributed by atoms with van der Waals surface area (Å²) in [4.78, 5) is 4.37. The zero-order chi connectivity index (χ0) is 10.8. The Morgan fingerprint density at radius 3 is 2.73 bits per heavy atom. The van der Waals surface area contributed by atoms with E-state index in [0.29, 0.717) is 5.56 Å². The van der Waals surface area contributed by atoms with Gasteiger partial charge >= 0.3 is 0 Å². The van der Waals surface area contributed by atoms with Gasteiger partial charge in [-0.15, -0.1) is 0 Å². The number of fused-ring (bicyclic) bond motifs is 1. The van der Waals surface area contributed by atoms with Gasteiger partial charge < -0.3 is 5.32 Å². The van der Waals surface area contributed by atoms with Crippen molar-refractivity contribution in [2.24, 2.45) is 0 Å². The van der Waals surface area contributed by atoms with Crippen LogP contribution in [0, 0.1) is 12.7 Å². The van der Waals surface area contributed by atoms with Crippen molar-refractivity contribution in [1.29, 1.82) is 0 Å². The Bertz CT molecular complexity index is 494. The fourth-order valence-electron chi connectivity index (χ4n) is 1.59. The smallest absolute Gasteiger partial charge is 0.128 e. The van der Waals surface area contributed by atoms with E-state index >= 15 is 0 Å². The number of pyridine rings is 1. The molecule has 2 nitrogen and oxygen atoms in total. The van der Waals surface area contributed by atoms with Gasteiger partial charge in [0.1, 0.15) is 11.6 Å². The first-order valence-corrected chi connectivity index (χ1v) is 5.02. The number of nitrogens with one attached hydrogen (secondary N) is 1. The Labute approximate surface area is 88.1 Å². The lowest BCUT2D eigenvalue weighted by Gasteiger charge is -2.06. The molecule has 0 amide bonds. The van der Waals surface area contributed by atoms with Gasteiger partial charge in [0.2, 0.25) is 0 Å². The van der Waals surface area contributed by atoms with Crippen molar-refractivity contribution in [2.75, 3.05) is 11.9 Å². The Balaban J connectivity index is 2.63. The monoisotopic (exact) mass is 204 g/mol. The molecule has 0 radical (unpaired) electrons. The minimum Gasteiger partial charge on any atom is -0.370 e. The highest BCUT2D eigenvalue weighted by Crippen LogP contribution is 2.20. The molecule has 0 unspecified atom stereocenters. The van der Waals surface area contributed by atoms with Gasteiger partial charge in [-0.05, 0) is 38.1 Å². The summed E-state index contributed by atoms with van der Waals surface area (Å²) in [6, 6.07) is 7.09. The van der Waals surface area contributed by atoms with Crippen molar-refractivity contribution < 1.29 is 4.39 Å². The first kappa shape index (κ1) is 9.90. The number of aryl methyl sites for hydroxylation is 1. The molecule has 1 heterocycles. The maximum atomic E-state index is 13.3. The van der Waals surface area contributed by atoms with Crippen LogP contribution in [-0.2, 0) is 0 Å². The average Bonchev–Trinajstić information content (AvgIpc) is 2.25. The van der Waals surface area contributed by atoms with E-state index in [1.54, 1.807) is 13.0 Å². The molecule has 0 saturated carbocycles. The lowest BCUT2D eigenvalue weighted by molar-refractivity contribution is 0.620. The highest BCUT2D eigenvalue weighted by Gasteiger charge is 2.04. The standard InChI is InChI=1S/C12H13FN2/c1-3-14-11-7-5-9-4-6-10(13)8(2)12(9)15-11/h4-7H,3H2,1-2H3,(H,14,15). The third-order valence-corrected chi connectivity index (χ3v) is 2.41. The van der Waals surface area contributed by atoms with Gasteiger partial charge in [0.05, 0.1) is 5.52 Å². The fourth-order valence-corrected chi connectivity index (χ4v) is 1.59. The molecule has 2 rings (SSSR count). The number of aromatic nitrogens is 1. The maximum Gasteiger partial charge on any atom is 0.128 e. The van der Waals surface area contributed by atoms with Gasteiger partial charge in [-0.1, -0.05) is 0 Å². The quantitative estimate of drug-likeness (QED) is 0.813. The maximum absolute atomic E-state index is 13.3. The summed E-state index contributed by atoms with van der Waals surface area (Å²) in [5.74, 6) is 0.586. The van der Waals surface area contributed by atoms with Crippen LogP contribution in [0.25, 0.3) is 10.9 Å². The third-order valence-electron chi connectivity index (χ3n) is 2.41. The van der Waals surface area contributed by atoms with Gasteiger partial charge in [0, 0.05) is 17.5 Å². The molecule has 0 bridgehead atoms. The first-order chi connectivity index (χ1) is 7.22. The van der Waals surface area contributed by atoms with Gasteiger partial charge in [-0.2, -0.15) is 0 Å². The van der Waals surface area contributed by atoms with Gasteiger partial charge in [-0.25, -0.2) is 9.37 Å². The SMILES string of the molecule is CCNc1ccc2ccc(F)c(C)c2n1. The van der Waals surface area contributed by atoms with Crippen molar-refractivity contribution in [3.8, 4) is 0 Å². The Kier molecular flexibility index (Phi) is 2.54. The Morgan fingerprint density at radius 2 is 2.00 bits per heavy atom. The second-order valence-corrected chi connectivity index (χ2v) is 3.47. The largest absolute Gasteiger partial charge is 0.370 e. The predicted molar refractivity (Wildman–Crippen MR) is 60.6 cm³/mol. The molecule has 0 atom stereocenters. The fraction of sp³-hybridized carbons (Fsp3) is 0.250. The van der Waals surface area contributed by atoms with E-state index in [0.717, 1.165) is 23.3 Å². The zero-order valence-electron chi connectivity index (χ0n) is 8.84. The average molecular weight is 204 g/mol. The van der Waals surface area contributed by atoms with Crippen molar-refractivity contribution in [2.45, 2.75) is 13.8 Å². The van der Waals surface area contributed by atoms with Crippen LogP contribution in [0.15, 0.2) is 24.3 Å². The van der Waals surface area contributed by atoms with Crippen LogP contribution >= 0.6 is 0 Å². The van der Waals surface area contributed by atoms with E-state index < -0.39 is 0 Å². The lowest BCUT2D eigenvalue weighted by atomic mass is 10.1. The summed E-state index contributed by atoms with van der Waals surface area (Å²) in [5.41, 5.74) is 1.33. The van der Waals surface area contributed by atoms with Crippen LogP contribution in [0.3, 0.4) is 0 Å². The van der Waals surface area contributed by atoms with Crippen LogP contribution in [0.1, 0.15) is 12.5 Å². The minimum absolute atomic E-state index is 0.205. The number of halogens is 1. The Hall–Kier alpha value is -1.64. The summed E-state index contributed by atoms with van der Waals surface area (Å²) in [7, 11) is 0. The summed E-state index contributed by atoms with van der Waals surface area (Å²) < 4.78 is 13.3. The van der Waals surface area contributed by atoms with Crippen molar-refractivity contribution >= 4 is 16.7 Å². The molecule has 3 heteroatoms. The minimum atomic E-state index is -0.205. The van der Waals surface area contributed by atoms with E-state index in [9.17, 15) is 4.39 Å². The van der Waals surface area contributed by atoms with Gasteiger partial charge in [-0.3, -0.25) is 0 Å². The van der Waals surface area contributed by atoms with Crippen molar-refractivity contribution in [3.05, 3.63) is 35.6 Å². The van der Waals surface area contributed by atoms with E-state index in [2.05, 4.69) is 10.3 Å². The molecule has 1 N–H and O–H groups in total. The molecule has 2 aromatic rings. The van der Waals surface area contributed by atoms with Crippen molar-refractivity contribution in [3.63, 3.8) is 0 Å². The molecule has 0 aliphatic heterocycles. The molecule has 78 valence electrons.